The Morgan fingerprint density at radius 2 is 1.45 bits per heavy atom. The number of aromatic nitrogens is 4. The first-order chi connectivity index (χ1) is 15.1. The van der Waals surface area contributed by atoms with Gasteiger partial charge in [0.15, 0.2) is 0 Å². The molecule has 0 spiro atoms. The van der Waals surface area contributed by atoms with Crippen LogP contribution in [-0.4, -0.2) is 71.7 Å². The van der Waals surface area contributed by atoms with Gasteiger partial charge >= 0.3 is 0 Å². The molecule has 9 nitrogen and oxygen atoms in total. The van der Waals surface area contributed by atoms with Crippen molar-refractivity contribution in [2.24, 2.45) is 0 Å². The Balaban J connectivity index is 1.26. The van der Waals surface area contributed by atoms with E-state index in [2.05, 4.69) is 24.9 Å². The van der Waals surface area contributed by atoms with Gasteiger partial charge in [0, 0.05) is 57.7 Å². The zero-order valence-corrected chi connectivity index (χ0v) is 18.0. The Kier molecular flexibility index (Phi) is 5.33. The average molecular weight is 440 g/mol. The molecule has 0 bridgehead atoms. The van der Waals surface area contributed by atoms with Crippen LogP contribution in [0.15, 0.2) is 60.0 Å². The highest BCUT2D eigenvalue weighted by atomic mass is 32.2. The largest absolute Gasteiger partial charge is 0.356 e. The van der Waals surface area contributed by atoms with E-state index in [9.17, 15) is 8.42 Å². The quantitative estimate of drug-likeness (QED) is 0.599. The molecule has 2 aliphatic heterocycles. The first-order valence-corrected chi connectivity index (χ1v) is 12.0. The summed E-state index contributed by atoms with van der Waals surface area (Å²) in [6.45, 7) is 4.10. The van der Waals surface area contributed by atoms with Gasteiger partial charge in [-0.05, 0) is 43.2 Å². The van der Waals surface area contributed by atoms with E-state index >= 15 is 0 Å². The lowest BCUT2D eigenvalue weighted by Gasteiger charge is -2.35. The van der Waals surface area contributed by atoms with Crippen molar-refractivity contribution in [3.05, 3.63) is 55.1 Å². The van der Waals surface area contributed by atoms with Crippen molar-refractivity contribution < 1.29 is 8.42 Å². The lowest BCUT2D eigenvalue weighted by Crippen LogP contribution is -2.49. The van der Waals surface area contributed by atoms with Crippen molar-refractivity contribution >= 4 is 21.7 Å². The molecule has 0 saturated carbocycles. The Labute approximate surface area is 182 Å². The molecule has 1 aromatic carbocycles. The Morgan fingerprint density at radius 3 is 2.06 bits per heavy atom. The summed E-state index contributed by atoms with van der Waals surface area (Å²) < 4.78 is 29.5. The van der Waals surface area contributed by atoms with E-state index < -0.39 is 10.0 Å². The molecule has 2 aromatic heterocycles. The smallest absolute Gasteiger partial charge is 0.243 e. The van der Waals surface area contributed by atoms with Crippen molar-refractivity contribution in [3.63, 3.8) is 0 Å². The van der Waals surface area contributed by atoms with Gasteiger partial charge in [-0.2, -0.15) is 9.40 Å². The van der Waals surface area contributed by atoms with Crippen molar-refractivity contribution in [1.29, 1.82) is 0 Å². The number of sulfonamides is 1. The van der Waals surface area contributed by atoms with Gasteiger partial charge in [0.25, 0.3) is 0 Å². The lowest BCUT2D eigenvalue weighted by atomic mass is 10.3. The number of rotatable bonds is 5. The van der Waals surface area contributed by atoms with Crippen LogP contribution < -0.4 is 9.80 Å². The van der Waals surface area contributed by atoms with E-state index in [1.54, 1.807) is 45.8 Å². The molecular formula is C21H25N7O2S. The van der Waals surface area contributed by atoms with Crippen molar-refractivity contribution in [3.8, 4) is 5.69 Å². The Bertz CT molecular complexity index is 1120. The summed E-state index contributed by atoms with van der Waals surface area (Å²) in [4.78, 5) is 13.5. The minimum atomic E-state index is -3.54. The highest BCUT2D eigenvalue weighted by Crippen LogP contribution is 2.24. The molecule has 0 aliphatic carbocycles. The summed E-state index contributed by atoms with van der Waals surface area (Å²) in [5, 5.41) is 4.17. The van der Waals surface area contributed by atoms with Crippen LogP contribution in [0.3, 0.4) is 0 Å². The van der Waals surface area contributed by atoms with Crippen LogP contribution in [0.1, 0.15) is 12.8 Å². The number of hydrogen-bond acceptors (Lipinski definition) is 7. The number of benzene rings is 1. The SMILES string of the molecule is O=S(=O)(c1ccc(-n2cccn2)cc1)N1CCN(c2cc(N3CCCC3)ncn2)CC1. The topological polar surface area (TPSA) is 87.5 Å². The average Bonchev–Trinajstić information content (AvgIpc) is 3.54. The molecule has 0 N–H and O–H groups in total. The van der Waals surface area contributed by atoms with E-state index in [1.807, 2.05) is 18.3 Å². The number of anilines is 2. The molecule has 3 aromatic rings. The fourth-order valence-electron chi connectivity index (χ4n) is 4.13. The van der Waals surface area contributed by atoms with Crippen LogP contribution in [0.4, 0.5) is 11.6 Å². The van der Waals surface area contributed by atoms with Crippen molar-refractivity contribution in [2.75, 3.05) is 49.1 Å². The summed E-state index contributed by atoms with van der Waals surface area (Å²) in [6, 6.07) is 10.7. The highest BCUT2D eigenvalue weighted by molar-refractivity contribution is 7.89. The standard InChI is InChI=1S/C21H25N7O2S/c29-31(30,19-6-4-18(5-7-19)28-11-3-8-24-28)27-14-12-26(13-15-27)21-16-20(22-17-23-21)25-9-1-2-10-25/h3-8,11,16-17H,1-2,9-10,12-15H2. The second kappa shape index (κ2) is 8.27. The third-order valence-corrected chi connectivity index (χ3v) is 7.79. The van der Waals surface area contributed by atoms with Gasteiger partial charge < -0.3 is 9.80 Å². The lowest BCUT2D eigenvalue weighted by molar-refractivity contribution is 0.384. The van der Waals surface area contributed by atoms with E-state index in [0.29, 0.717) is 31.1 Å². The monoisotopic (exact) mass is 439 g/mol. The predicted molar refractivity (Wildman–Crippen MR) is 118 cm³/mol. The molecule has 0 unspecified atom stereocenters. The van der Waals surface area contributed by atoms with Crippen LogP contribution in [-0.2, 0) is 10.0 Å². The van der Waals surface area contributed by atoms with Gasteiger partial charge in [-0.3, -0.25) is 0 Å². The molecular weight excluding hydrogens is 414 g/mol. The van der Waals surface area contributed by atoms with Gasteiger partial charge in [-0.1, -0.05) is 0 Å². The number of piperazine rings is 1. The van der Waals surface area contributed by atoms with Crippen LogP contribution in [0.25, 0.3) is 5.69 Å². The first-order valence-electron chi connectivity index (χ1n) is 10.5. The molecule has 2 fully saturated rings. The summed E-state index contributed by atoms with van der Waals surface area (Å²) in [5.41, 5.74) is 0.825. The Morgan fingerprint density at radius 1 is 0.806 bits per heavy atom. The third-order valence-electron chi connectivity index (χ3n) is 5.87. The molecule has 0 amide bonds. The van der Waals surface area contributed by atoms with Crippen molar-refractivity contribution in [1.82, 2.24) is 24.1 Å². The van der Waals surface area contributed by atoms with Crippen LogP contribution in [0.2, 0.25) is 0 Å². The summed E-state index contributed by atoms with van der Waals surface area (Å²) in [5.74, 6) is 1.81. The van der Waals surface area contributed by atoms with E-state index in [4.69, 9.17) is 0 Å². The maximum Gasteiger partial charge on any atom is 0.243 e. The zero-order chi connectivity index (χ0) is 21.3. The third kappa shape index (κ3) is 4.00. The minimum Gasteiger partial charge on any atom is -0.356 e. The molecule has 31 heavy (non-hydrogen) atoms. The van der Waals surface area contributed by atoms with Gasteiger partial charge in [0.2, 0.25) is 10.0 Å². The van der Waals surface area contributed by atoms with E-state index in [0.717, 1.165) is 30.4 Å². The predicted octanol–water partition coefficient (Wildman–Crippen LogP) is 1.77. The van der Waals surface area contributed by atoms with Gasteiger partial charge in [-0.15, -0.1) is 0 Å². The summed E-state index contributed by atoms with van der Waals surface area (Å²) >= 11 is 0. The maximum atomic E-state index is 13.1. The van der Waals surface area contributed by atoms with Crippen LogP contribution in [0, 0.1) is 0 Å². The molecule has 4 heterocycles. The molecule has 0 radical (unpaired) electrons. The van der Waals surface area contributed by atoms with Crippen molar-refractivity contribution in [2.45, 2.75) is 17.7 Å². The van der Waals surface area contributed by atoms with E-state index in [-0.39, 0.29) is 0 Å². The fourth-order valence-corrected chi connectivity index (χ4v) is 5.55. The summed E-state index contributed by atoms with van der Waals surface area (Å²) in [6.07, 6.45) is 7.51. The molecule has 2 saturated heterocycles. The van der Waals surface area contributed by atoms with Gasteiger partial charge in [0.1, 0.15) is 18.0 Å². The molecule has 0 atom stereocenters. The molecule has 10 heteroatoms. The second-order valence-corrected chi connectivity index (χ2v) is 9.70. The maximum absolute atomic E-state index is 13.1. The van der Waals surface area contributed by atoms with E-state index in [1.165, 1.54) is 12.8 Å². The number of hydrogen-bond donors (Lipinski definition) is 0. The zero-order valence-electron chi connectivity index (χ0n) is 17.2. The Hall–Kier alpha value is -2.98. The normalized spacial score (nSPS) is 17.9. The molecule has 2 aliphatic rings. The number of nitrogens with zero attached hydrogens (tertiary/aromatic N) is 7. The van der Waals surface area contributed by atoms with Gasteiger partial charge in [0.05, 0.1) is 10.6 Å². The second-order valence-electron chi connectivity index (χ2n) is 7.76. The fraction of sp³-hybridized carbons (Fsp3) is 0.381. The first kappa shape index (κ1) is 20.0. The molecule has 5 rings (SSSR count). The van der Waals surface area contributed by atoms with Crippen LogP contribution in [0.5, 0.6) is 0 Å². The minimum absolute atomic E-state index is 0.301. The highest BCUT2D eigenvalue weighted by Gasteiger charge is 2.29. The van der Waals surface area contributed by atoms with Crippen LogP contribution >= 0.6 is 0 Å². The van der Waals surface area contributed by atoms with Gasteiger partial charge in [-0.25, -0.2) is 23.1 Å². The molecule has 162 valence electrons. The summed E-state index contributed by atoms with van der Waals surface area (Å²) in [7, 11) is -3.54.